The minimum absolute atomic E-state index is 0.123. The summed E-state index contributed by atoms with van der Waals surface area (Å²) in [5.74, 6) is 0. The first-order valence-corrected chi connectivity index (χ1v) is 10.9. The van der Waals surface area contributed by atoms with Gasteiger partial charge in [-0.3, -0.25) is 4.79 Å². The summed E-state index contributed by atoms with van der Waals surface area (Å²) in [4.78, 5) is 19.8. The molecule has 2 atom stereocenters. The molecule has 6 nitrogen and oxygen atoms in total. The summed E-state index contributed by atoms with van der Waals surface area (Å²) in [6.45, 7) is 1.84. The lowest BCUT2D eigenvalue weighted by atomic mass is 10.1. The zero-order valence-electron chi connectivity index (χ0n) is 14.6. The Balaban J connectivity index is 2.00. The van der Waals surface area contributed by atoms with E-state index in [1.807, 2.05) is 5.38 Å². The molecular formula is C16H13BrClF3N4O2S2. The van der Waals surface area contributed by atoms with E-state index in [4.69, 9.17) is 16.3 Å². The first kappa shape index (κ1) is 22.2. The summed E-state index contributed by atoms with van der Waals surface area (Å²) in [5.41, 5.74) is 1.10. The highest BCUT2D eigenvalue weighted by Gasteiger charge is 2.36. The Labute approximate surface area is 184 Å². The van der Waals surface area contributed by atoms with Crippen LogP contribution in [0, 0.1) is 0 Å². The first-order chi connectivity index (χ1) is 13.7. The van der Waals surface area contributed by atoms with E-state index in [9.17, 15) is 18.0 Å². The molecule has 3 rings (SSSR count). The van der Waals surface area contributed by atoms with Crippen LogP contribution in [0.2, 0.25) is 5.15 Å². The summed E-state index contributed by atoms with van der Waals surface area (Å²) >= 11 is 12.1. The van der Waals surface area contributed by atoms with Gasteiger partial charge in [0.2, 0.25) is 0 Å². The molecule has 0 aliphatic heterocycles. The maximum Gasteiger partial charge on any atom is 0.457 e. The molecule has 2 N–H and O–H groups in total. The Hall–Kier alpha value is -1.47. The molecule has 0 aliphatic rings. The SMILES string of the molecule is C[C@@H](NC(F)(F)F)C(OC=O)c1sc2c(NCc3nccs3)cc(Cl)nc2c1Br. The maximum absolute atomic E-state index is 12.8. The van der Waals surface area contributed by atoms with Gasteiger partial charge in [-0.05, 0) is 22.9 Å². The number of fused-ring (bicyclic) bond motifs is 1. The Bertz CT molecular complexity index is 1000. The highest BCUT2D eigenvalue weighted by molar-refractivity contribution is 9.10. The lowest BCUT2D eigenvalue weighted by molar-refractivity contribution is -0.173. The molecule has 3 heterocycles. The van der Waals surface area contributed by atoms with Gasteiger partial charge in [-0.25, -0.2) is 15.3 Å². The van der Waals surface area contributed by atoms with Crippen molar-refractivity contribution in [2.24, 2.45) is 0 Å². The number of halogens is 5. The fraction of sp³-hybridized carbons (Fsp3) is 0.312. The molecule has 0 aliphatic carbocycles. The number of nitrogens with one attached hydrogen (secondary N) is 2. The third-order valence-electron chi connectivity index (χ3n) is 3.80. The molecule has 29 heavy (non-hydrogen) atoms. The van der Waals surface area contributed by atoms with Gasteiger partial charge in [0.15, 0.2) is 6.10 Å². The van der Waals surface area contributed by atoms with Crippen molar-refractivity contribution in [1.82, 2.24) is 15.3 Å². The summed E-state index contributed by atoms with van der Waals surface area (Å²) in [6, 6.07) is 0.392. The van der Waals surface area contributed by atoms with Gasteiger partial charge in [0.25, 0.3) is 6.47 Å². The molecule has 0 saturated carbocycles. The van der Waals surface area contributed by atoms with Gasteiger partial charge in [-0.1, -0.05) is 11.6 Å². The largest absolute Gasteiger partial charge is 0.457 e. The second-order valence-corrected chi connectivity index (χ2v) is 9.03. The smallest absolute Gasteiger partial charge is 0.457 e. The van der Waals surface area contributed by atoms with Crippen LogP contribution in [-0.4, -0.2) is 28.8 Å². The molecule has 0 spiro atoms. The average Bonchev–Trinajstić information content (AvgIpc) is 3.25. The maximum atomic E-state index is 12.8. The van der Waals surface area contributed by atoms with Gasteiger partial charge in [-0.2, -0.15) is 13.2 Å². The number of anilines is 1. The fourth-order valence-corrected chi connectivity index (χ4v) is 5.56. The van der Waals surface area contributed by atoms with Crippen LogP contribution >= 0.6 is 50.2 Å². The van der Waals surface area contributed by atoms with Crippen molar-refractivity contribution < 1.29 is 22.7 Å². The van der Waals surface area contributed by atoms with Crippen molar-refractivity contribution in [1.29, 1.82) is 0 Å². The van der Waals surface area contributed by atoms with Crippen molar-refractivity contribution in [2.75, 3.05) is 5.32 Å². The van der Waals surface area contributed by atoms with Crippen LogP contribution in [-0.2, 0) is 16.1 Å². The molecule has 0 amide bonds. The Morgan fingerprint density at radius 3 is 2.83 bits per heavy atom. The summed E-state index contributed by atoms with van der Waals surface area (Å²) in [7, 11) is 0. The molecule has 0 radical (unpaired) electrons. The number of rotatable bonds is 8. The molecular weight excluding hydrogens is 517 g/mol. The number of thiazole rings is 1. The molecule has 0 saturated heterocycles. The van der Waals surface area contributed by atoms with Crippen LogP contribution in [0.3, 0.4) is 0 Å². The highest BCUT2D eigenvalue weighted by Crippen LogP contribution is 2.44. The van der Waals surface area contributed by atoms with Crippen LogP contribution in [0.5, 0.6) is 0 Å². The Morgan fingerprint density at radius 2 is 2.21 bits per heavy atom. The van der Waals surface area contributed by atoms with Gasteiger partial charge < -0.3 is 10.1 Å². The zero-order chi connectivity index (χ0) is 21.2. The number of alkyl halides is 3. The number of hydrogen-bond acceptors (Lipinski definition) is 8. The summed E-state index contributed by atoms with van der Waals surface area (Å²) < 4.78 is 44.4. The number of nitrogens with zero attached hydrogens (tertiary/aromatic N) is 2. The lowest BCUT2D eigenvalue weighted by Crippen LogP contribution is -2.42. The monoisotopic (exact) mass is 528 g/mol. The summed E-state index contributed by atoms with van der Waals surface area (Å²) in [5, 5.41) is 7.60. The Kier molecular flexibility index (Phi) is 6.99. The summed E-state index contributed by atoms with van der Waals surface area (Å²) in [6.07, 6.45) is -4.13. The van der Waals surface area contributed by atoms with Crippen molar-refractivity contribution >= 4 is 72.6 Å². The van der Waals surface area contributed by atoms with E-state index in [1.165, 1.54) is 23.6 Å². The molecule has 0 bridgehead atoms. The third kappa shape index (κ3) is 5.37. The van der Waals surface area contributed by atoms with E-state index >= 15 is 0 Å². The van der Waals surface area contributed by atoms with Crippen LogP contribution in [0.4, 0.5) is 18.9 Å². The fourth-order valence-electron chi connectivity index (χ4n) is 2.65. The minimum Gasteiger partial charge on any atom is -0.457 e. The third-order valence-corrected chi connectivity index (χ3v) is 7.11. The average molecular weight is 530 g/mol. The first-order valence-electron chi connectivity index (χ1n) is 8.03. The number of carbonyl (C=O) groups is 1. The van der Waals surface area contributed by atoms with Crippen LogP contribution in [0.1, 0.15) is 22.9 Å². The minimum atomic E-state index is -4.63. The van der Waals surface area contributed by atoms with Gasteiger partial charge in [0.05, 0.1) is 37.8 Å². The van der Waals surface area contributed by atoms with Crippen molar-refractivity contribution in [3.63, 3.8) is 0 Å². The van der Waals surface area contributed by atoms with Gasteiger partial charge in [0.1, 0.15) is 10.2 Å². The Morgan fingerprint density at radius 1 is 1.45 bits per heavy atom. The predicted octanol–water partition coefficient (Wildman–Crippen LogP) is 5.49. The van der Waals surface area contributed by atoms with E-state index in [0.717, 1.165) is 16.3 Å². The quantitative estimate of drug-likeness (QED) is 0.228. The van der Waals surface area contributed by atoms with E-state index in [0.29, 0.717) is 31.8 Å². The van der Waals surface area contributed by atoms with Gasteiger partial charge in [0, 0.05) is 17.6 Å². The van der Waals surface area contributed by atoms with Gasteiger partial charge in [-0.15, -0.1) is 22.7 Å². The zero-order valence-corrected chi connectivity index (χ0v) is 18.6. The van der Waals surface area contributed by atoms with Crippen molar-refractivity contribution in [2.45, 2.75) is 31.9 Å². The topological polar surface area (TPSA) is 76.1 Å². The van der Waals surface area contributed by atoms with E-state index in [-0.39, 0.29) is 11.6 Å². The molecule has 0 fully saturated rings. The number of hydrogen-bond donors (Lipinski definition) is 2. The second-order valence-electron chi connectivity index (χ2n) is 5.81. The number of thiophene rings is 1. The second kappa shape index (κ2) is 9.13. The molecule has 3 aromatic rings. The number of aromatic nitrogens is 2. The molecule has 1 unspecified atom stereocenters. The van der Waals surface area contributed by atoms with E-state index in [2.05, 4.69) is 31.2 Å². The molecule has 3 aromatic heterocycles. The lowest BCUT2D eigenvalue weighted by Gasteiger charge is -2.24. The van der Waals surface area contributed by atoms with E-state index in [1.54, 1.807) is 12.3 Å². The normalized spacial score (nSPS) is 14.0. The standard InChI is InChI=1S/C16H13BrClF3N4O2S2/c1-7(25-16(19,20)21)13(27-6-26)15-11(17)12-14(29-15)8(4-9(18)24-12)23-5-10-22-2-3-28-10/h2-4,6-7,13,25H,5H2,1H3,(H,23,24)/t7-,13?/m1/s1. The molecule has 0 aromatic carbocycles. The predicted molar refractivity (Wildman–Crippen MR) is 110 cm³/mol. The van der Waals surface area contributed by atoms with Crippen molar-refractivity contribution in [3.05, 3.63) is 37.2 Å². The molecule has 13 heteroatoms. The molecule has 156 valence electrons. The van der Waals surface area contributed by atoms with Crippen LogP contribution in [0.15, 0.2) is 22.1 Å². The highest BCUT2D eigenvalue weighted by atomic mass is 79.9. The number of ether oxygens (including phenoxy) is 1. The van der Waals surface area contributed by atoms with Crippen LogP contribution in [0.25, 0.3) is 10.2 Å². The number of carbonyl (C=O) groups excluding carboxylic acids is 1. The van der Waals surface area contributed by atoms with E-state index < -0.39 is 18.4 Å². The number of pyridine rings is 1. The van der Waals surface area contributed by atoms with Gasteiger partial charge >= 0.3 is 6.30 Å². The van der Waals surface area contributed by atoms with Crippen LogP contribution < -0.4 is 10.6 Å². The van der Waals surface area contributed by atoms with Crippen molar-refractivity contribution in [3.8, 4) is 0 Å².